The van der Waals surface area contributed by atoms with Crippen LogP contribution in [0.2, 0.25) is 0 Å². The highest BCUT2D eigenvalue weighted by atomic mass is 16.5. The first-order valence-electron chi connectivity index (χ1n) is 11.7. The molecule has 0 saturated heterocycles. The van der Waals surface area contributed by atoms with Crippen molar-refractivity contribution in [1.82, 2.24) is 20.6 Å². The summed E-state index contributed by atoms with van der Waals surface area (Å²) in [5.41, 5.74) is 5.14. The molecule has 2 aromatic carbocycles. The Morgan fingerprint density at radius 1 is 0.969 bits per heavy atom. The van der Waals surface area contributed by atoms with E-state index in [2.05, 4.69) is 72.6 Å². The quantitative estimate of drug-likeness (QED) is 0.375. The Morgan fingerprint density at radius 2 is 1.56 bits per heavy atom. The minimum absolute atomic E-state index is 0.159. The molecule has 1 unspecified atom stereocenters. The van der Waals surface area contributed by atoms with Crippen molar-refractivity contribution in [3.05, 3.63) is 70.0 Å². The maximum atomic E-state index is 12.5. The number of nitrogens with one attached hydrogen (secondary N) is 1. The molecule has 6 nitrogen and oxygen atoms in total. The van der Waals surface area contributed by atoms with E-state index in [4.69, 9.17) is 4.74 Å². The summed E-state index contributed by atoms with van der Waals surface area (Å²) in [6.45, 7) is 10.5. The Balaban J connectivity index is 2.09. The van der Waals surface area contributed by atoms with Crippen molar-refractivity contribution in [2.45, 2.75) is 78.7 Å². The van der Waals surface area contributed by atoms with Crippen LogP contribution in [0.25, 0.3) is 0 Å². The van der Waals surface area contributed by atoms with Gasteiger partial charge in [0.2, 0.25) is 0 Å². The van der Waals surface area contributed by atoms with Crippen molar-refractivity contribution in [2.24, 2.45) is 0 Å². The number of Topliss-reactive ketones (excluding diaryl/α,β-unsaturated/α-hetero) is 1. The predicted molar refractivity (Wildman–Crippen MR) is 126 cm³/mol. The zero-order chi connectivity index (χ0) is 23.1. The van der Waals surface area contributed by atoms with E-state index in [1.54, 1.807) is 0 Å². The lowest BCUT2D eigenvalue weighted by atomic mass is 9.95. The summed E-state index contributed by atoms with van der Waals surface area (Å²) in [5.74, 6) is 2.01. The van der Waals surface area contributed by atoms with Crippen molar-refractivity contribution in [3.63, 3.8) is 0 Å². The van der Waals surface area contributed by atoms with Gasteiger partial charge in [0.15, 0.2) is 17.7 Å². The minimum atomic E-state index is -0.467. The van der Waals surface area contributed by atoms with Crippen LogP contribution >= 0.6 is 0 Å². The highest BCUT2D eigenvalue weighted by Gasteiger charge is 2.24. The first-order valence-corrected chi connectivity index (χ1v) is 11.7. The summed E-state index contributed by atoms with van der Waals surface area (Å²) in [5, 5.41) is 14.6. The lowest BCUT2D eigenvalue weighted by Gasteiger charge is -2.23. The highest BCUT2D eigenvalue weighted by molar-refractivity contribution is 5.96. The van der Waals surface area contributed by atoms with Crippen LogP contribution in [0, 0.1) is 0 Å². The van der Waals surface area contributed by atoms with Crippen LogP contribution in [-0.4, -0.2) is 26.4 Å². The van der Waals surface area contributed by atoms with Crippen LogP contribution < -0.4 is 4.74 Å². The van der Waals surface area contributed by atoms with E-state index in [-0.39, 0.29) is 5.78 Å². The molecule has 1 atom stereocenters. The molecule has 1 aromatic heterocycles. The number of carbonyl (C=O) groups excluding carboxylic acids is 1. The van der Waals surface area contributed by atoms with Gasteiger partial charge in [-0.05, 0) is 58.0 Å². The first-order chi connectivity index (χ1) is 15.5. The van der Waals surface area contributed by atoms with Gasteiger partial charge in [-0.15, -0.1) is 5.10 Å². The van der Waals surface area contributed by atoms with E-state index < -0.39 is 6.10 Å². The summed E-state index contributed by atoms with van der Waals surface area (Å²) in [4.78, 5) is 12.5. The molecule has 0 saturated carbocycles. The fourth-order valence-corrected chi connectivity index (χ4v) is 3.91. The third-order valence-corrected chi connectivity index (χ3v) is 5.68. The minimum Gasteiger partial charge on any atom is -0.477 e. The van der Waals surface area contributed by atoms with Gasteiger partial charge in [-0.2, -0.15) is 0 Å². The number of ether oxygens (including phenoxy) is 1. The lowest BCUT2D eigenvalue weighted by molar-refractivity contribution is 0.0988. The normalized spacial score (nSPS) is 12.2. The second-order valence-electron chi connectivity index (χ2n) is 8.51. The molecule has 0 fully saturated rings. The fourth-order valence-electron chi connectivity index (χ4n) is 3.91. The molecule has 1 N–H and O–H groups in total. The van der Waals surface area contributed by atoms with E-state index >= 15 is 0 Å². The molecule has 0 aliphatic heterocycles. The summed E-state index contributed by atoms with van der Waals surface area (Å²) in [6.07, 6.45) is 3.62. The van der Waals surface area contributed by atoms with Gasteiger partial charge in [0.1, 0.15) is 5.75 Å². The number of aromatic nitrogens is 4. The largest absolute Gasteiger partial charge is 0.477 e. The van der Waals surface area contributed by atoms with E-state index in [0.29, 0.717) is 18.2 Å². The molecule has 0 spiro atoms. The number of carbonyl (C=O) groups is 1. The molecular formula is C26H34N4O2. The highest BCUT2D eigenvalue weighted by Crippen LogP contribution is 2.35. The molecule has 1 heterocycles. The van der Waals surface area contributed by atoms with Crippen LogP contribution in [0.4, 0.5) is 0 Å². The summed E-state index contributed by atoms with van der Waals surface area (Å²) >= 11 is 0. The molecule has 0 radical (unpaired) electrons. The fraction of sp³-hybridized carbons (Fsp3) is 0.462. The second kappa shape index (κ2) is 11.0. The number of nitrogens with zero attached hydrogens (tertiary/aromatic N) is 3. The number of ketones is 1. The van der Waals surface area contributed by atoms with Gasteiger partial charge in [-0.25, -0.2) is 5.10 Å². The molecule has 32 heavy (non-hydrogen) atoms. The first kappa shape index (κ1) is 23.6. The van der Waals surface area contributed by atoms with E-state index in [0.717, 1.165) is 53.7 Å². The Bertz CT molecular complexity index is 984. The number of aromatic amines is 1. The van der Waals surface area contributed by atoms with Gasteiger partial charge in [0.25, 0.3) is 0 Å². The van der Waals surface area contributed by atoms with Gasteiger partial charge in [-0.1, -0.05) is 71.7 Å². The number of H-pyrrole nitrogens is 1. The maximum absolute atomic E-state index is 12.5. The third kappa shape index (κ3) is 5.42. The molecule has 170 valence electrons. The predicted octanol–water partition coefficient (Wildman–Crippen LogP) is 5.99. The smallest absolute Gasteiger partial charge is 0.194 e. The van der Waals surface area contributed by atoms with Crippen LogP contribution in [0.3, 0.4) is 0 Å². The third-order valence-electron chi connectivity index (χ3n) is 5.68. The number of rotatable bonds is 11. The average molecular weight is 435 g/mol. The summed E-state index contributed by atoms with van der Waals surface area (Å²) < 4.78 is 6.70. The molecule has 0 aliphatic carbocycles. The number of hydrogen-bond donors (Lipinski definition) is 1. The Kier molecular flexibility index (Phi) is 8.14. The van der Waals surface area contributed by atoms with Crippen molar-refractivity contribution < 1.29 is 9.53 Å². The van der Waals surface area contributed by atoms with Gasteiger partial charge in [0, 0.05) is 17.5 Å². The summed E-state index contributed by atoms with van der Waals surface area (Å²) in [7, 11) is 0. The second-order valence-corrected chi connectivity index (χ2v) is 8.51. The molecular weight excluding hydrogens is 400 g/mol. The molecule has 6 heteroatoms. The lowest BCUT2D eigenvalue weighted by Crippen LogP contribution is -2.15. The van der Waals surface area contributed by atoms with Gasteiger partial charge >= 0.3 is 0 Å². The summed E-state index contributed by atoms with van der Waals surface area (Å²) in [6, 6.07) is 12.4. The average Bonchev–Trinajstić information content (AvgIpc) is 3.33. The van der Waals surface area contributed by atoms with Crippen molar-refractivity contribution in [2.75, 3.05) is 0 Å². The van der Waals surface area contributed by atoms with Crippen molar-refractivity contribution >= 4 is 5.78 Å². The Labute approximate surface area is 190 Å². The van der Waals surface area contributed by atoms with E-state index in [9.17, 15) is 4.79 Å². The topological polar surface area (TPSA) is 80.8 Å². The molecule has 0 amide bonds. The Hall–Kier alpha value is -3.02. The van der Waals surface area contributed by atoms with Crippen LogP contribution in [0.5, 0.6) is 5.75 Å². The molecule has 3 aromatic rings. The zero-order valence-corrected chi connectivity index (χ0v) is 19.8. The van der Waals surface area contributed by atoms with Gasteiger partial charge in [0.05, 0.1) is 0 Å². The van der Waals surface area contributed by atoms with Crippen molar-refractivity contribution in [1.29, 1.82) is 0 Å². The number of tetrazole rings is 1. The maximum Gasteiger partial charge on any atom is 0.194 e. The van der Waals surface area contributed by atoms with Crippen molar-refractivity contribution in [3.8, 4) is 5.75 Å². The molecule has 0 bridgehead atoms. The Morgan fingerprint density at radius 3 is 2.03 bits per heavy atom. The van der Waals surface area contributed by atoms with Crippen LogP contribution in [0.1, 0.15) is 104 Å². The van der Waals surface area contributed by atoms with Gasteiger partial charge < -0.3 is 4.74 Å². The van der Waals surface area contributed by atoms with E-state index in [1.807, 2.05) is 19.1 Å². The number of aryl methyl sites for hydroxylation is 2. The molecule has 3 rings (SSSR count). The zero-order valence-electron chi connectivity index (χ0n) is 19.8. The monoisotopic (exact) mass is 434 g/mol. The van der Waals surface area contributed by atoms with E-state index in [1.165, 1.54) is 5.56 Å². The van der Waals surface area contributed by atoms with Crippen LogP contribution in [0.15, 0.2) is 36.4 Å². The SMILES string of the molecule is CCCc1cc(C(=O)CC)cc(CCC)c1OC(c1ccc(C(C)C)cc1)c1nnn[nH]1. The van der Waals surface area contributed by atoms with Gasteiger partial charge in [-0.3, -0.25) is 4.79 Å². The molecule has 0 aliphatic rings. The standard InChI is InChI=1S/C26H34N4O2/c1-6-9-20-15-22(23(31)8-3)16-21(10-7-2)24(20)32-25(26-27-29-30-28-26)19-13-11-18(12-14-19)17(4)5/h11-17,25H,6-10H2,1-5H3,(H,27,28,29,30). The number of hydrogen-bond acceptors (Lipinski definition) is 5. The number of benzene rings is 2. The van der Waals surface area contributed by atoms with Crippen LogP contribution in [-0.2, 0) is 12.8 Å².